The Morgan fingerprint density at radius 3 is 1.01 bits per heavy atom. The molecule has 24 aromatic rings. The first kappa shape index (κ1) is 94.9. The zero-order valence-corrected chi connectivity index (χ0v) is 87.6. The summed E-state index contributed by atoms with van der Waals surface area (Å²) in [6.45, 7) is 16.9. The second-order valence-electron chi connectivity index (χ2n) is 38.5. The molecule has 0 amide bonds. The highest BCUT2D eigenvalue weighted by Crippen LogP contribution is 2.59. The van der Waals surface area contributed by atoms with E-state index in [0.717, 1.165) is 0 Å². The van der Waals surface area contributed by atoms with Gasteiger partial charge >= 0.3 is 0 Å². The molecule has 0 unspecified atom stereocenters. The van der Waals surface area contributed by atoms with E-state index in [9.17, 15) is 0 Å². The van der Waals surface area contributed by atoms with Gasteiger partial charge in [0.05, 0.1) is 43.0 Å². The van der Waals surface area contributed by atoms with E-state index in [1.165, 1.54) is 212 Å². The number of fused-ring (bicyclic) bond motifs is 9. The maximum Gasteiger partial charge on any atom is 0.277 e. The fourth-order valence-electron chi connectivity index (χ4n) is 22.6. The van der Waals surface area contributed by atoms with Crippen molar-refractivity contribution in [2.75, 3.05) is 26.7 Å². The summed E-state index contributed by atoms with van der Waals surface area (Å²) in [6, 6.07) is 180. The molecule has 24 rings (SSSR count). The standard InChI is InChI=1S/3C34H30NP.C33H30N2P/c1-25-30(32-20-12-13-23-35(32)2)22-21-27-24-26-14-10-11-19-31(26)34(33(25)27)36(3,28-15-6-4-7-16-28)29-17-8-5-9-18-29;1-25-30(32-24-22-26-13-10-11-19-31(26)35(32)2)23-21-27-14-12-20-33(34(25)27)36(3,28-15-6-4-7-16-28)29-17-8-5-9-18-29;1-25-30(34-31-19-11-10-13-26(31)23-24-35(34)2)22-21-27-14-12-20-32(33(25)27)36(3,28-15-6-4-7-16-28)29-17-8-5-9-18-29;1-34-23-13-12-20-30(34)31-22-21-29-28-19-11-10-14-25(28)24-32(33(29)35(31)2)36(3,26-15-6-4-7-16-26)27-17-8-5-9-18-27/h4*4-24H,1-3H3/q3*+2;+3. The summed E-state index contributed by atoms with van der Waals surface area (Å²) in [4.78, 5) is 0. The van der Waals surface area contributed by atoms with Gasteiger partial charge in [0.15, 0.2) is 23.9 Å². The van der Waals surface area contributed by atoms with E-state index in [1.807, 2.05) is 0 Å². The van der Waals surface area contributed by atoms with Gasteiger partial charge in [-0.25, -0.2) is 9.13 Å². The third kappa shape index (κ3) is 17.3. The highest BCUT2D eigenvalue weighted by Gasteiger charge is 2.49. The maximum absolute atomic E-state index is 2.51. The zero-order chi connectivity index (χ0) is 98.8. The van der Waals surface area contributed by atoms with E-state index >= 15 is 0 Å². The topological polar surface area (TPSA) is 19.4 Å². The van der Waals surface area contributed by atoms with Crippen molar-refractivity contribution in [3.63, 3.8) is 0 Å². The molecule has 0 aliphatic rings. The smallest absolute Gasteiger partial charge is 0.201 e. The van der Waals surface area contributed by atoms with E-state index in [-0.39, 0.29) is 0 Å². The SMILES string of the molecule is C[n+]1ccccc1-c1ccc2c3ccccc3cc([P+](C)(c3ccccc3)c3ccccc3)c2[n+]1C.Cc1c(-c2c3ccccc3cc[n+]2C)ccc2cccc([P+](C)(c3ccccc3)c3ccccc3)c12.Cc1c(-c2ccc3ccccc3[n+]2C)ccc2cccc([P+](C)(c3ccccc3)c3ccccc3)c12.Cc1c(-c2cccc[n+]2C)ccc2cc3ccccc3c([P+](C)(c3ccccc3)c3ccccc3)c12. The average molecular weight is 1940 g/mol. The molecule has 5 nitrogen and oxygen atoms in total. The number of hydrogen-bond acceptors (Lipinski definition) is 0. The molecule has 19 aromatic carbocycles. The van der Waals surface area contributed by atoms with Crippen LogP contribution in [-0.4, -0.2) is 26.7 Å². The minimum Gasteiger partial charge on any atom is -0.201 e. The highest BCUT2D eigenvalue weighted by molar-refractivity contribution is 7.97. The molecule has 0 fully saturated rings. The fraction of sp³-hybridized carbons (Fsp3) is 0.0889. The quantitative estimate of drug-likeness (QED) is 0.0398. The van der Waals surface area contributed by atoms with E-state index in [2.05, 4.69) is 615 Å². The van der Waals surface area contributed by atoms with Crippen LogP contribution >= 0.6 is 29.0 Å². The van der Waals surface area contributed by atoms with Gasteiger partial charge in [0.2, 0.25) is 22.6 Å². The summed E-state index contributed by atoms with van der Waals surface area (Å²) in [5, 5.41) is 35.4. The molecule has 0 bridgehead atoms. The molecule has 0 saturated heterocycles. The minimum absolute atomic E-state index is 1.19. The largest absolute Gasteiger partial charge is 0.277 e. The summed E-state index contributed by atoms with van der Waals surface area (Å²) in [5.41, 5.74) is 16.6. The van der Waals surface area contributed by atoms with Crippen LogP contribution < -0.4 is 86.5 Å². The number of nitrogens with zero attached hydrogens (tertiary/aromatic N) is 5. The normalized spacial score (nSPS) is 11.8. The van der Waals surface area contributed by atoms with Crippen molar-refractivity contribution in [3.8, 4) is 45.2 Å². The number of pyridine rings is 5. The van der Waals surface area contributed by atoms with Gasteiger partial charge in [-0.05, 0) is 251 Å². The second-order valence-corrected chi connectivity index (χ2v) is 52.5. The zero-order valence-electron chi connectivity index (χ0n) is 84.0. The summed E-state index contributed by atoms with van der Waals surface area (Å²) in [7, 11) is 3.13. The molecule has 0 radical (unpaired) electrons. The van der Waals surface area contributed by atoms with E-state index < -0.39 is 29.0 Å². The molecular formula is C135H120N5P4+9. The molecule has 144 heavy (non-hydrogen) atoms. The van der Waals surface area contributed by atoms with Crippen LogP contribution in [0.15, 0.2) is 510 Å². The number of rotatable bonds is 16. The fourth-order valence-corrected chi connectivity index (χ4v) is 36.9. The molecule has 0 spiro atoms. The molecule has 0 aliphatic heterocycles. The van der Waals surface area contributed by atoms with Crippen LogP contribution in [0.5, 0.6) is 0 Å². The first-order valence-corrected chi connectivity index (χ1v) is 58.7. The van der Waals surface area contributed by atoms with Gasteiger partial charge in [-0.3, -0.25) is 0 Å². The Morgan fingerprint density at radius 2 is 0.535 bits per heavy atom. The van der Waals surface area contributed by atoms with Gasteiger partial charge in [-0.2, -0.15) is 13.7 Å². The lowest BCUT2D eigenvalue weighted by Gasteiger charge is -2.27. The van der Waals surface area contributed by atoms with Crippen LogP contribution in [0.25, 0.3) is 132 Å². The first-order valence-electron chi connectivity index (χ1n) is 49.8. The van der Waals surface area contributed by atoms with Crippen molar-refractivity contribution in [2.24, 2.45) is 35.2 Å². The minimum atomic E-state index is -1.97. The predicted octanol–water partition coefficient (Wildman–Crippen LogP) is 25.4. The first-order chi connectivity index (χ1) is 70.3. The average Bonchev–Trinajstić information content (AvgIpc) is 1.51. The Kier molecular flexibility index (Phi) is 26.8. The van der Waals surface area contributed by atoms with Gasteiger partial charge < -0.3 is 0 Å². The van der Waals surface area contributed by atoms with Crippen LogP contribution in [0, 0.1) is 20.8 Å². The number of benzene rings is 19. The summed E-state index contributed by atoms with van der Waals surface area (Å²) < 4.78 is 11.4. The third-order valence-electron chi connectivity index (χ3n) is 30.4. The maximum atomic E-state index is 2.51. The van der Waals surface area contributed by atoms with Gasteiger partial charge in [0.25, 0.3) is 16.9 Å². The van der Waals surface area contributed by atoms with Crippen LogP contribution in [0.2, 0.25) is 0 Å². The van der Waals surface area contributed by atoms with E-state index in [4.69, 9.17) is 0 Å². The Morgan fingerprint density at radius 1 is 0.188 bits per heavy atom. The lowest BCUT2D eigenvalue weighted by atomic mass is 9.95. The highest BCUT2D eigenvalue weighted by atomic mass is 31.2. The van der Waals surface area contributed by atoms with Crippen LogP contribution in [0.3, 0.4) is 0 Å². The van der Waals surface area contributed by atoms with Gasteiger partial charge in [-0.1, -0.05) is 267 Å². The number of para-hydroxylation sites is 1. The number of aromatic nitrogens is 5. The molecule has 5 heterocycles. The van der Waals surface area contributed by atoms with Crippen molar-refractivity contribution in [2.45, 2.75) is 20.8 Å². The van der Waals surface area contributed by atoms with Crippen molar-refractivity contribution in [1.82, 2.24) is 0 Å². The molecule has 0 saturated carbocycles. The lowest BCUT2D eigenvalue weighted by Crippen LogP contribution is -2.42. The Hall–Kier alpha value is -15.3. The van der Waals surface area contributed by atoms with Gasteiger partial charge in [0, 0.05) is 86.6 Å². The van der Waals surface area contributed by atoms with Crippen molar-refractivity contribution in [3.05, 3.63) is 527 Å². The summed E-state index contributed by atoms with van der Waals surface area (Å²) >= 11 is 0. The van der Waals surface area contributed by atoms with Crippen LogP contribution in [0.4, 0.5) is 0 Å². The van der Waals surface area contributed by atoms with Gasteiger partial charge in [-0.15, -0.1) is 0 Å². The molecule has 0 atom stereocenters. The molecule has 5 aromatic heterocycles. The third-order valence-corrected chi connectivity index (χ3v) is 46.3. The molecule has 696 valence electrons. The Labute approximate surface area is 850 Å². The van der Waals surface area contributed by atoms with Gasteiger partial charge in [0.1, 0.15) is 123 Å². The van der Waals surface area contributed by atoms with E-state index in [0.29, 0.717) is 0 Å². The second kappa shape index (κ2) is 40.6. The van der Waals surface area contributed by atoms with Crippen molar-refractivity contribution >= 4 is 179 Å². The lowest BCUT2D eigenvalue weighted by molar-refractivity contribution is -0.679. The van der Waals surface area contributed by atoms with Crippen molar-refractivity contribution in [1.29, 1.82) is 0 Å². The monoisotopic (exact) mass is 1930 g/mol. The molecular weight excluding hydrogens is 1820 g/mol. The Bertz CT molecular complexity index is 8680. The van der Waals surface area contributed by atoms with Crippen LogP contribution in [-0.2, 0) is 35.2 Å². The molecule has 0 aliphatic carbocycles. The number of aryl methyl sites for hydroxylation is 8. The van der Waals surface area contributed by atoms with Crippen molar-refractivity contribution < 1.29 is 22.8 Å². The van der Waals surface area contributed by atoms with E-state index in [1.54, 1.807) is 0 Å². The Balaban J connectivity index is 0.000000113. The summed E-state index contributed by atoms with van der Waals surface area (Å²) in [5.74, 6) is 0. The molecule has 0 N–H and O–H groups in total. The number of hydrogen-bond donors (Lipinski definition) is 0. The predicted molar refractivity (Wildman–Crippen MR) is 626 cm³/mol. The molecule has 9 heteroatoms. The van der Waals surface area contributed by atoms with Crippen LogP contribution in [0.1, 0.15) is 16.7 Å². The summed E-state index contributed by atoms with van der Waals surface area (Å²) in [6.07, 6.45) is 6.43.